The second kappa shape index (κ2) is 9.02. The number of hydrogen-bond acceptors (Lipinski definition) is 2. The molecular formula is C44H29N3O. The average Bonchev–Trinajstić information content (AvgIpc) is 3.85. The van der Waals surface area contributed by atoms with Crippen molar-refractivity contribution in [1.82, 2.24) is 14.0 Å². The molecule has 226 valence electrons. The smallest absolute Gasteiger partial charge is 0.161 e. The zero-order valence-corrected chi connectivity index (χ0v) is 26.5. The monoisotopic (exact) mass is 615 g/mol. The molecular weight excluding hydrogens is 587 g/mol. The Morgan fingerprint density at radius 1 is 0.583 bits per heavy atom. The summed E-state index contributed by atoms with van der Waals surface area (Å²) in [5.41, 5.74) is 14.4. The fourth-order valence-electron chi connectivity index (χ4n) is 8.42. The first-order valence-electron chi connectivity index (χ1n) is 16.6. The van der Waals surface area contributed by atoms with E-state index < -0.39 is 0 Å². The van der Waals surface area contributed by atoms with Crippen LogP contribution in [0.1, 0.15) is 25.2 Å². The number of fused-ring (bicyclic) bond motifs is 15. The maximum Gasteiger partial charge on any atom is 0.161 e. The van der Waals surface area contributed by atoms with Crippen LogP contribution < -0.4 is 0 Å². The predicted molar refractivity (Wildman–Crippen MR) is 197 cm³/mol. The number of benzene rings is 6. The summed E-state index contributed by atoms with van der Waals surface area (Å²) in [5, 5.41) is 4.73. The van der Waals surface area contributed by atoms with Crippen LogP contribution in [0.2, 0.25) is 0 Å². The number of aromatic nitrogens is 3. The summed E-state index contributed by atoms with van der Waals surface area (Å²) in [6, 6.07) is 50.1. The summed E-state index contributed by atoms with van der Waals surface area (Å²) in [4.78, 5) is 5.16. The molecule has 0 fully saturated rings. The molecule has 0 saturated heterocycles. The molecule has 0 bridgehead atoms. The number of nitrogens with zero attached hydrogens (tertiary/aromatic N) is 3. The highest BCUT2D eigenvalue weighted by molar-refractivity contribution is 6.15. The summed E-state index contributed by atoms with van der Waals surface area (Å²) in [5.74, 6) is 1.04. The number of furan rings is 1. The third kappa shape index (κ3) is 3.22. The average molecular weight is 616 g/mol. The number of para-hydroxylation sites is 2. The van der Waals surface area contributed by atoms with Gasteiger partial charge in [0.25, 0.3) is 0 Å². The minimum atomic E-state index is -0.225. The normalized spacial score (nSPS) is 13.8. The minimum Gasteiger partial charge on any atom is -0.457 e. The first kappa shape index (κ1) is 26.0. The summed E-state index contributed by atoms with van der Waals surface area (Å²) in [6.45, 7) is 4.55. The standard InChI is InChI=1S/C44H29N3O/c1-44(2)34-18-10-8-17-32(34)39-40-41(48-42(39)44)33-24-26(21-23-37(33)46(40)28-12-4-3-5-13-28)27-20-22-35-38(25-27)47-36-19-11-9-15-30(36)29-14-6-7-16-31(29)43(47)45-35/h3-25H,1-2H3. The second-order valence-corrected chi connectivity index (χ2v) is 13.6. The van der Waals surface area contributed by atoms with Gasteiger partial charge in [-0.25, -0.2) is 4.98 Å². The Morgan fingerprint density at radius 2 is 1.29 bits per heavy atom. The highest BCUT2D eigenvalue weighted by atomic mass is 16.3. The molecule has 11 rings (SSSR count). The maximum absolute atomic E-state index is 6.98. The lowest BCUT2D eigenvalue weighted by Crippen LogP contribution is -2.14. The lowest BCUT2D eigenvalue weighted by molar-refractivity contribution is 0.466. The zero-order chi connectivity index (χ0) is 31.7. The van der Waals surface area contributed by atoms with E-state index in [2.05, 4.69) is 162 Å². The maximum atomic E-state index is 6.98. The summed E-state index contributed by atoms with van der Waals surface area (Å²) in [7, 11) is 0. The van der Waals surface area contributed by atoms with E-state index in [0.29, 0.717) is 0 Å². The van der Waals surface area contributed by atoms with Crippen molar-refractivity contribution in [3.05, 3.63) is 151 Å². The molecule has 6 aromatic carbocycles. The molecule has 0 radical (unpaired) electrons. The minimum absolute atomic E-state index is 0.225. The lowest BCUT2D eigenvalue weighted by atomic mass is 9.86. The Bertz CT molecular complexity index is 2970. The molecule has 0 saturated carbocycles. The fraction of sp³-hybridized carbons (Fsp3) is 0.0682. The first-order chi connectivity index (χ1) is 23.6. The SMILES string of the molecule is CC1(C)c2ccccc2-c2c1oc1c3cc(-c4ccc5nc6c7ccccc7c7ccccc7n6c5c4)ccc3n(-c3ccccc3)c21. The Hall–Kier alpha value is -6.13. The lowest BCUT2D eigenvalue weighted by Gasteiger charge is -2.18. The van der Waals surface area contributed by atoms with Gasteiger partial charge in [-0.05, 0) is 84.0 Å². The fourth-order valence-corrected chi connectivity index (χ4v) is 8.42. The molecule has 0 aliphatic heterocycles. The highest BCUT2D eigenvalue weighted by Crippen LogP contribution is 2.55. The third-order valence-electron chi connectivity index (χ3n) is 10.6. The van der Waals surface area contributed by atoms with E-state index in [1.807, 2.05) is 0 Å². The van der Waals surface area contributed by atoms with Gasteiger partial charge < -0.3 is 8.98 Å². The number of hydrogen-bond donors (Lipinski definition) is 0. The van der Waals surface area contributed by atoms with Gasteiger partial charge in [0, 0.05) is 32.8 Å². The van der Waals surface area contributed by atoms with Gasteiger partial charge in [0.05, 0.1) is 22.1 Å². The van der Waals surface area contributed by atoms with Crippen LogP contribution in [-0.2, 0) is 5.41 Å². The van der Waals surface area contributed by atoms with Crippen molar-refractivity contribution in [2.24, 2.45) is 0 Å². The van der Waals surface area contributed by atoms with E-state index >= 15 is 0 Å². The van der Waals surface area contributed by atoms with Gasteiger partial charge in [0.15, 0.2) is 5.58 Å². The van der Waals surface area contributed by atoms with Gasteiger partial charge in [0.2, 0.25) is 0 Å². The molecule has 0 unspecified atom stereocenters. The van der Waals surface area contributed by atoms with Crippen LogP contribution in [-0.4, -0.2) is 14.0 Å². The first-order valence-corrected chi connectivity index (χ1v) is 16.6. The Morgan fingerprint density at radius 3 is 2.17 bits per heavy atom. The molecule has 0 N–H and O–H groups in total. The van der Waals surface area contributed by atoms with Crippen molar-refractivity contribution in [3.8, 4) is 27.9 Å². The number of rotatable bonds is 2. The van der Waals surface area contributed by atoms with Crippen molar-refractivity contribution in [2.45, 2.75) is 19.3 Å². The van der Waals surface area contributed by atoms with Crippen LogP contribution in [0.25, 0.3) is 88.3 Å². The van der Waals surface area contributed by atoms with Crippen LogP contribution in [0.15, 0.2) is 144 Å². The Kier molecular flexibility index (Phi) is 4.88. The van der Waals surface area contributed by atoms with Gasteiger partial charge >= 0.3 is 0 Å². The van der Waals surface area contributed by atoms with Gasteiger partial charge in [-0.2, -0.15) is 0 Å². The van der Waals surface area contributed by atoms with Gasteiger partial charge in [-0.1, -0.05) is 97.1 Å². The van der Waals surface area contributed by atoms with E-state index in [4.69, 9.17) is 9.40 Å². The van der Waals surface area contributed by atoms with Crippen LogP contribution in [0.4, 0.5) is 0 Å². The summed E-state index contributed by atoms with van der Waals surface area (Å²) >= 11 is 0. The van der Waals surface area contributed by atoms with E-state index in [1.54, 1.807) is 0 Å². The van der Waals surface area contributed by atoms with E-state index in [9.17, 15) is 0 Å². The quantitative estimate of drug-likeness (QED) is 0.181. The Balaban J connectivity index is 1.20. The van der Waals surface area contributed by atoms with Crippen molar-refractivity contribution in [2.75, 3.05) is 0 Å². The van der Waals surface area contributed by atoms with Crippen LogP contribution >= 0.6 is 0 Å². The van der Waals surface area contributed by atoms with Gasteiger partial charge in [-0.15, -0.1) is 0 Å². The number of pyridine rings is 1. The van der Waals surface area contributed by atoms with Crippen molar-refractivity contribution < 1.29 is 4.42 Å². The molecule has 0 spiro atoms. The molecule has 0 atom stereocenters. The Labute approximate surface area is 276 Å². The highest BCUT2D eigenvalue weighted by Gasteiger charge is 2.42. The molecule has 4 heterocycles. The summed E-state index contributed by atoms with van der Waals surface area (Å²) < 4.78 is 11.7. The largest absolute Gasteiger partial charge is 0.457 e. The number of imidazole rings is 1. The van der Waals surface area contributed by atoms with Gasteiger partial charge in [0.1, 0.15) is 16.9 Å². The van der Waals surface area contributed by atoms with Crippen molar-refractivity contribution >= 4 is 60.4 Å². The van der Waals surface area contributed by atoms with E-state index in [1.165, 1.54) is 27.5 Å². The molecule has 1 aliphatic carbocycles. The third-order valence-corrected chi connectivity index (χ3v) is 10.6. The van der Waals surface area contributed by atoms with Crippen LogP contribution in [0, 0.1) is 0 Å². The molecule has 1 aliphatic rings. The van der Waals surface area contributed by atoms with Crippen molar-refractivity contribution in [3.63, 3.8) is 0 Å². The predicted octanol–water partition coefficient (Wildman–Crippen LogP) is 11.5. The van der Waals surface area contributed by atoms with Crippen LogP contribution in [0.3, 0.4) is 0 Å². The summed E-state index contributed by atoms with van der Waals surface area (Å²) in [6.07, 6.45) is 0. The molecule has 4 nitrogen and oxygen atoms in total. The molecule has 10 aromatic rings. The zero-order valence-electron chi connectivity index (χ0n) is 26.5. The van der Waals surface area contributed by atoms with Gasteiger partial charge in [-0.3, -0.25) is 4.40 Å². The van der Waals surface area contributed by atoms with E-state index in [-0.39, 0.29) is 5.41 Å². The molecule has 4 aromatic heterocycles. The second-order valence-electron chi connectivity index (χ2n) is 13.6. The molecule has 4 heteroatoms. The van der Waals surface area contributed by atoms with E-state index in [0.717, 1.165) is 72.2 Å². The van der Waals surface area contributed by atoms with Crippen LogP contribution in [0.5, 0.6) is 0 Å². The van der Waals surface area contributed by atoms with Crippen molar-refractivity contribution in [1.29, 1.82) is 0 Å². The topological polar surface area (TPSA) is 35.4 Å². The molecule has 0 amide bonds. The molecule has 48 heavy (non-hydrogen) atoms.